The average Bonchev–Trinajstić information content (AvgIpc) is 2.58. The van der Waals surface area contributed by atoms with Gasteiger partial charge in [-0.3, -0.25) is 10.1 Å². The maximum absolute atomic E-state index is 13.4. The van der Waals surface area contributed by atoms with Crippen molar-refractivity contribution in [3.05, 3.63) is 33.6 Å². The first-order valence-electron chi connectivity index (χ1n) is 5.52. The second-order valence-corrected chi connectivity index (χ2v) is 5.48. The number of nitro groups is 1. The molecule has 5 heteroatoms. The van der Waals surface area contributed by atoms with Gasteiger partial charge in [0.05, 0.1) is 4.92 Å². The molecule has 1 aromatic rings. The molecule has 2 rings (SSSR count). The van der Waals surface area contributed by atoms with Gasteiger partial charge in [-0.2, -0.15) is 4.39 Å². The molecular formula is C12H15FN2O2. The molecule has 1 unspecified atom stereocenters. The van der Waals surface area contributed by atoms with Gasteiger partial charge in [-0.1, -0.05) is 20.8 Å². The molecule has 0 spiro atoms. The van der Waals surface area contributed by atoms with E-state index in [1.54, 1.807) is 0 Å². The minimum absolute atomic E-state index is 0.0320. The van der Waals surface area contributed by atoms with Crippen molar-refractivity contribution >= 4 is 11.4 Å². The Morgan fingerprint density at radius 3 is 2.65 bits per heavy atom. The number of hydrogen-bond donors (Lipinski definition) is 1. The van der Waals surface area contributed by atoms with Crippen molar-refractivity contribution in [3.8, 4) is 0 Å². The van der Waals surface area contributed by atoms with Crippen molar-refractivity contribution in [2.24, 2.45) is 5.41 Å². The SMILES string of the molecule is CC(C)(C)C1Cc2cc([N+](=O)[O-])c(F)cc2N1. The highest BCUT2D eigenvalue weighted by Gasteiger charge is 2.32. The first kappa shape index (κ1) is 11.8. The van der Waals surface area contributed by atoms with Gasteiger partial charge in [-0.05, 0) is 17.4 Å². The predicted molar refractivity (Wildman–Crippen MR) is 63.6 cm³/mol. The van der Waals surface area contributed by atoms with Gasteiger partial charge >= 0.3 is 5.69 Å². The van der Waals surface area contributed by atoms with Crippen molar-refractivity contribution in [2.45, 2.75) is 33.2 Å². The lowest BCUT2D eigenvalue weighted by Gasteiger charge is -2.27. The van der Waals surface area contributed by atoms with Gasteiger partial charge in [0.1, 0.15) is 0 Å². The lowest BCUT2D eigenvalue weighted by Crippen LogP contribution is -2.31. The average molecular weight is 238 g/mol. The van der Waals surface area contributed by atoms with E-state index in [4.69, 9.17) is 0 Å². The van der Waals surface area contributed by atoms with Crippen LogP contribution in [-0.4, -0.2) is 11.0 Å². The van der Waals surface area contributed by atoms with Gasteiger partial charge in [-0.15, -0.1) is 0 Å². The largest absolute Gasteiger partial charge is 0.381 e. The van der Waals surface area contributed by atoms with Crippen LogP contribution in [0, 0.1) is 21.3 Å². The Labute approximate surface area is 99.0 Å². The predicted octanol–water partition coefficient (Wildman–Crippen LogP) is 3.12. The number of nitro benzene ring substituents is 1. The van der Waals surface area contributed by atoms with E-state index in [9.17, 15) is 14.5 Å². The monoisotopic (exact) mass is 238 g/mol. The number of fused-ring (bicyclic) bond motifs is 1. The summed E-state index contributed by atoms with van der Waals surface area (Å²) >= 11 is 0. The molecule has 1 N–H and O–H groups in total. The molecule has 1 aliphatic heterocycles. The highest BCUT2D eigenvalue weighted by molar-refractivity contribution is 5.61. The third kappa shape index (κ3) is 2.09. The van der Waals surface area contributed by atoms with Crippen LogP contribution in [0.5, 0.6) is 0 Å². The second-order valence-electron chi connectivity index (χ2n) is 5.48. The molecule has 0 fully saturated rings. The minimum atomic E-state index is -0.782. The molecule has 1 heterocycles. The summed E-state index contributed by atoms with van der Waals surface area (Å²) in [7, 11) is 0. The zero-order valence-electron chi connectivity index (χ0n) is 10.1. The van der Waals surface area contributed by atoms with Crippen LogP contribution in [0.2, 0.25) is 0 Å². The Balaban J connectivity index is 2.37. The van der Waals surface area contributed by atoms with Gasteiger partial charge in [0.2, 0.25) is 5.82 Å². The number of halogens is 1. The highest BCUT2D eigenvalue weighted by Crippen LogP contribution is 2.37. The number of hydrogen-bond acceptors (Lipinski definition) is 3. The van der Waals surface area contributed by atoms with Crippen LogP contribution in [-0.2, 0) is 6.42 Å². The van der Waals surface area contributed by atoms with E-state index >= 15 is 0 Å². The molecule has 0 aliphatic carbocycles. The Morgan fingerprint density at radius 1 is 1.47 bits per heavy atom. The Hall–Kier alpha value is -1.65. The third-order valence-electron chi connectivity index (χ3n) is 3.17. The summed E-state index contributed by atoms with van der Waals surface area (Å²) in [5.74, 6) is -0.782. The van der Waals surface area contributed by atoms with Crippen LogP contribution < -0.4 is 5.32 Å². The van der Waals surface area contributed by atoms with Crippen LogP contribution in [0.3, 0.4) is 0 Å². The van der Waals surface area contributed by atoms with Crippen molar-refractivity contribution in [3.63, 3.8) is 0 Å². The third-order valence-corrected chi connectivity index (χ3v) is 3.17. The lowest BCUT2D eigenvalue weighted by molar-refractivity contribution is -0.387. The number of benzene rings is 1. The molecule has 4 nitrogen and oxygen atoms in total. The second kappa shape index (κ2) is 3.68. The first-order valence-corrected chi connectivity index (χ1v) is 5.52. The highest BCUT2D eigenvalue weighted by atomic mass is 19.1. The van der Waals surface area contributed by atoms with Gasteiger partial charge in [0.15, 0.2) is 0 Å². The lowest BCUT2D eigenvalue weighted by atomic mass is 9.85. The zero-order valence-corrected chi connectivity index (χ0v) is 10.1. The Bertz CT molecular complexity index is 480. The molecule has 92 valence electrons. The molecule has 1 atom stereocenters. The minimum Gasteiger partial charge on any atom is -0.381 e. The fraction of sp³-hybridized carbons (Fsp3) is 0.500. The fourth-order valence-corrected chi connectivity index (χ4v) is 2.03. The summed E-state index contributed by atoms with van der Waals surface area (Å²) in [5, 5.41) is 13.9. The van der Waals surface area contributed by atoms with Gasteiger partial charge in [0, 0.05) is 23.9 Å². The molecular weight excluding hydrogens is 223 g/mol. The van der Waals surface area contributed by atoms with Gasteiger partial charge in [-0.25, -0.2) is 0 Å². The molecule has 0 aromatic heterocycles. The van der Waals surface area contributed by atoms with E-state index in [-0.39, 0.29) is 11.5 Å². The molecule has 1 aliphatic rings. The topological polar surface area (TPSA) is 55.2 Å². The van der Waals surface area contributed by atoms with Crippen molar-refractivity contribution < 1.29 is 9.31 Å². The smallest absolute Gasteiger partial charge is 0.305 e. The summed E-state index contributed by atoms with van der Waals surface area (Å²) in [6.07, 6.45) is 0.694. The summed E-state index contributed by atoms with van der Waals surface area (Å²) in [4.78, 5) is 9.96. The number of nitrogens with one attached hydrogen (secondary N) is 1. The summed E-state index contributed by atoms with van der Waals surface area (Å²) in [6, 6.07) is 2.74. The van der Waals surface area contributed by atoms with E-state index in [2.05, 4.69) is 26.1 Å². The van der Waals surface area contributed by atoms with E-state index in [1.165, 1.54) is 12.1 Å². The van der Waals surface area contributed by atoms with Gasteiger partial charge < -0.3 is 5.32 Å². The van der Waals surface area contributed by atoms with Crippen molar-refractivity contribution in [1.82, 2.24) is 0 Å². The molecule has 0 saturated heterocycles. The normalized spacial score (nSPS) is 18.7. The molecule has 0 radical (unpaired) electrons. The van der Waals surface area contributed by atoms with Crippen LogP contribution in [0.4, 0.5) is 15.8 Å². The molecule has 17 heavy (non-hydrogen) atoms. The van der Waals surface area contributed by atoms with Crippen LogP contribution in [0.25, 0.3) is 0 Å². The first-order chi connectivity index (χ1) is 7.79. The standard InChI is InChI=1S/C12H15FN2O2/c1-12(2,3)11-5-7-4-10(15(16)17)8(13)6-9(7)14-11/h4,6,11,14H,5H2,1-3H3. The van der Waals surface area contributed by atoms with Crippen LogP contribution >= 0.6 is 0 Å². The number of rotatable bonds is 1. The number of nitrogens with zero attached hydrogens (tertiary/aromatic N) is 1. The van der Waals surface area contributed by atoms with Crippen LogP contribution in [0.15, 0.2) is 12.1 Å². The fourth-order valence-electron chi connectivity index (χ4n) is 2.03. The Kier molecular flexibility index (Phi) is 2.56. The van der Waals surface area contributed by atoms with E-state index < -0.39 is 16.4 Å². The van der Waals surface area contributed by atoms with E-state index in [1.807, 2.05) is 0 Å². The molecule has 1 aromatic carbocycles. The van der Waals surface area contributed by atoms with Crippen LogP contribution in [0.1, 0.15) is 26.3 Å². The van der Waals surface area contributed by atoms with E-state index in [0.29, 0.717) is 12.1 Å². The Morgan fingerprint density at radius 2 is 2.12 bits per heavy atom. The summed E-state index contributed by atoms with van der Waals surface area (Å²) < 4.78 is 13.4. The quantitative estimate of drug-likeness (QED) is 0.604. The molecule has 0 bridgehead atoms. The molecule has 0 amide bonds. The summed E-state index contributed by atoms with van der Waals surface area (Å²) in [6.45, 7) is 6.25. The number of anilines is 1. The maximum Gasteiger partial charge on any atom is 0.305 e. The molecule has 0 saturated carbocycles. The summed E-state index contributed by atoms with van der Waals surface area (Å²) in [5.41, 5.74) is 1.08. The van der Waals surface area contributed by atoms with Crippen molar-refractivity contribution in [2.75, 3.05) is 5.32 Å². The maximum atomic E-state index is 13.4. The van der Waals surface area contributed by atoms with Crippen molar-refractivity contribution in [1.29, 1.82) is 0 Å². The van der Waals surface area contributed by atoms with E-state index in [0.717, 1.165) is 5.56 Å². The van der Waals surface area contributed by atoms with Gasteiger partial charge in [0.25, 0.3) is 0 Å². The zero-order chi connectivity index (χ0) is 12.8.